The number of carbonyl (C=O) groups excluding carboxylic acids is 1. The van der Waals surface area contributed by atoms with Gasteiger partial charge < -0.3 is 16.0 Å². The number of hydrogen-bond donors (Lipinski definition) is 3. The number of carbonyl (C=O) groups is 1. The Bertz CT molecular complexity index is 545. The van der Waals surface area contributed by atoms with Crippen LogP contribution in [0.15, 0.2) is 4.99 Å². The quantitative estimate of drug-likeness (QED) is 0.431. The van der Waals surface area contributed by atoms with Gasteiger partial charge in [-0.2, -0.15) is 11.8 Å². The molecule has 2 heterocycles. The summed E-state index contributed by atoms with van der Waals surface area (Å²) < 4.78 is 22.8. The maximum atomic E-state index is 11.9. The molecular formula is C15H28N4O3S2. The van der Waals surface area contributed by atoms with Crippen LogP contribution in [0.5, 0.6) is 0 Å². The lowest BCUT2D eigenvalue weighted by Gasteiger charge is -2.14. The molecule has 2 unspecified atom stereocenters. The van der Waals surface area contributed by atoms with Crippen molar-refractivity contribution >= 4 is 33.5 Å². The Hall–Kier alpha value is -0.960. The number of rotatable bonds is 7. The van der Waals surface area contributed by atoms with Gasteiger partial charge in [0.15, 0.2) is 15.8 Å². The molecule has 7 nitrogen and oxygen atoms in total. The Balaban J connectivity index is 1.67. The number of hydrogen-bond acceptors (Lipinski definition) is 5. The van der Waals surface area contributed by atoms with Crippen molar-refractivity contribution in [2.75, 3.05) is 36.9 Å². The third-order valence-electron chi connectivity index (χ3n) is 4.06. The van der Waals surface area contributed by atoms with E-state index < -0.39 is 9.84 Å². The zero-order valence-corrected chi connectivity index (χ0v) is 15.8. The van der Waals surface area contributed by atoms with Gasteiger partial charge in [-0.3, -0.25) is 9.79 Å². The molecule has 9 heteroatoms. The second-order valence-corrected chi connectivity index (χ2v) is 9.84. The highest BCUT2D eigenvalue weighted by Gasteiger charge is 2.28. The van der Waals surface area contributed by atoms with Gasteiger partial charge in [-0.1, -0.05) is 0 Å². The molecule has 0 spiro atoms. The van der Waals surface area contributed by atoms with E-state index in [0.29, 0.717) is 24.6 Å². The summed E-state index contributed by atoms with van der Waals surface area (Å²) in [5.74, 6) is 2.08. The summed E-state index contributed by atoms with van der Waals surface area (Å²) in [4.78, 5) is 16.5. The van der Waals surface area contributed by atoms with E-state index in [1.54, 1.807) is 0 Å². The molecule has 0 radical (unpaired) electrons. The molecule has 0 aromatic heterocycles. The van der Waals surface area contributed by atoms with Crippen LogP contribution in [0.25, 0.3) is 0 Å². The molecule has 3 N–H and O–H groups in total. The summed E-state index contributed by atoms with van der Waals surface area (Å²) in [5.41, 5.74) is 0. The molecule has 2 saturated heterocycles. The third kappa shape index (κ3) is 6.88. The minimum atomic E-state index is -2.96. The van der Waals surface area contributed by atoms with Gasteiger partial charge >= 0.3 is 0 Å². The molecule has 0 bridgehead atoms. The smallest absolute Gasteiger partial charge is 0.222 e. The predicted octanol–water partition coefficient (Wildman–Crippen LogP) is 0.131. The molecule has 0 aromatic carbocycles. The van der Waals surface area contributed by atoms with Crippen LogP contribution in [0.2, 0.25) is 0 Å². The first-order valence-electron chi connectivity index (χ1n) is 8.62. The van der Waals surface area contributed by atoms with Crippen LogP contribution in [0.4, 0.5) is 0 Å². The Morgan fingerprint density at radius 2 is 2.12 bits per heavy atom. The number of nitrogens with zero attached hydrogens (tertiary/aromatic N) is 1. The lowest BCUT2D eigenvalue weighted by Crippen LogP contribution is -2.41. The van der Waals surface area contributed by atoms with Crippen molar-refractivity contribution in [3.05, 3.63) is 0 Å². The molecular weight excluding hydrogens is 348 g/mol. The van der Waals surface area contributed by atoms with Crippen LogP contribution >= 0.6 is 11.8 Å². The fourth-order valence-electron chi connectivity index (χ4n) is 2.83. The average Bonchev–Trinajstić information content (AvgIpc) is 3.14. The van der Waals surface area contributed by atoms with E-state index in [0.717, 1.165) is 19.0 Å². The SMILES string of the molecule is CCNC(=NCC1CCCS1)NCCC(=O)NC1CCS(=O)(=O)C1. The van der Waals surface area contributed by atoms with E-state index in [1.165, 1.54) is 18.6 Å². The molecule has 0 aromatic rings. The Morgan fingerprint density at radius 1 is 1.29 bits per heavy atom. The number of sulfone groups is 1. The maximum Gasteiger partial charge on any atom is 0.222 e. The highest BCUT2D eigenvalue weighted by Crippen LogP contribution is 2.25. The summed E-state index contributed by atoms with van der Waals surface area (Å²) in [7, 11) is -2.96. The molecule has 138 valence electrons. The van der Waals surface area contributed by atoms with Gasteiger partial charge in [0, 0.05) is 30.8 Å². The van der Waals surface area contributed by atoms with Crippen LogP contribution < -0.4 is 16.0 Å². The zero-order valence-electron chi connectivity index (χ0n) is 14.2. The van der Waals surface area contributed by atoms with Gasteiger partial charge in [0.05, 0.1) is 18.1 Å². The van der Waals surface area contributed by atoms with Crippen LogP contribution in [0.3, 0.4) is 0 Å². The highest BCUT2D eigenvalue weighted by molar-refractivity contribution is 8.00. The predicted molar refractivity (Wildman–Crippen MR) is 99.3 cm³/mol. The summed E-state index contributed by atoms with van der Waals surface area (Å²) in [5, 5.41) is 9.75. The molecule has 2 rings (SSSR count). The first-order chi connectivity index (χ1) is 11.5. The van der Waals surface area contributed by atoms with Crippen molar-refractivity contribution in [2.45, 2.75) is 43.9 Å². The van der Waals surface area contributed by atoms with Gasteiger partial charge in [0.2, 0.25) is 5.91 Å². The van der Waals surface area contributed by atoms with Gasteiger partial charge in [0.1, 0.15) is 0 Å². The van der Waals surface area contributed by atoms with E-state index in [4.69, 9.17) is 0 Å². The second-order valence-electron chi connectivity index (χ2n) is 6.20. The van der Waals surface area contributed by atoms with Crippen LogP contribution in [-0.4, -0.2) is 68.5 Å². The highest BCUT2D eigenvalue weighted by atomic mass is 32.2. The molecule has 2 aliphatic heterocycles. The van der Waals surface area contributed by atoms with Crippen molar-refractivity contribution in [3.63, 3.8) is 0 Å². The van der Waals surface area contributed by atoms with E-state index in [-0.39, 0.29) is 23.5 Å². The first-order valence-corrected chi connectivity index (χ1v) is 11.5. The fraction of sp³-hybridized carbons (Fsp3) is 0.867. The second kappa shape index (κ2) is 9.50. The molecule has 2 fully saturated rings. The summed E-state index contributed by atoms with van der Waals surface area (Å²) in [6, 6.07) is -0.233. The van der Waals surface area contributed by atoms with E-state index >= 15 is 0 Å². The van der Waals surface area contributed by atoms with Crippen molar-refractivity contribution in [3.8, 4) is 0 Å². The molecule has 0 saturated carbocycles. The largest absolute Gasteiger partial charge is 0.357 e. The van der Waals surface area contributed by atoms with Crippen molar-refractivity contribution in [1.29, 1.82) is 0 Å². The molecule has 2 aliphatic rings. The molecule has 0 aliphatic carbocycles. The van der Waals surface area contributed by atoms with Crippen molar-refractivity contribution in [1.82, 2.24) is 16.0 Å². The molecule has 1 amide bonds. The van der Waals surface area contributed by atoms with E-state index in [9.17, 15) is 13.2 Å². The monoisotopic (exact) mass is 376 g/mol. The van der Waals surface area contributed by atoms with E-state index in [1.807, 2.05) is 18.7 Å². The lowest BCUT2D eigenvalue weighted by molar-refractivity contribution is -0.121. The average molecular weight is 377 g/mol. The summed E-state index contributed by atoms with van der Waals surface area (Å²) >= 11 is 1.97. The molecule has 2 atom stereocenters. The fourth-order valence-corrected chi connectivity index (χ4v) is 5.68. The number of guanidine groups is 1. The van der Waals surface area contributed by atoms with E-state index in [2.05, 4.69) is 20.9 Å². The zero-order chi connectivity index (χ0) is 17.4. The lowest BCUT2D eigenvalue weighted by atomic mass is 10.2. The van der Waals surface area contributed by atoms with Crippen LogP contribution in [-0.2, 0) is 14.6 Å². The van der Waals surface area contributed by atoms with Crippen LogP contribution in [0, 0.1) is 0 Å². The minimum Gasteiger partial charge on any atom is -0.357 e. The van der Waals surface area contributed by atoms with Gasteiger partial charge in [-0.05, 0) is 31.9 Å². The third-order valence-corrected chi connectivity index (χ3v) is 7.21. The summed E-state index contributed by atoms with van der Waals surface area (Å²) in [6.45, 7) is 4.06. The summed E-state index contributed by atoms with van der Waals surface area (Å²) in [6.07, 6.45) is 3.32. The Morgan fingerprint density at radius 3 is 2.75 bits per heavy atom. The Labute approximate surface area is 148 Å². The minimum absolute atomic E-state index is 0.0648. The normalized spacial score (nSPS) is 26.3. The van der Waals surface area contributed by atoms with Gasteiger partial charge in [-0.25, -0.2) is 8.42 Å². The number of amides is 1. The standard InChI is InChI=1S/C15H28N4O3S2/c1-2-16-15(18-10-13-4-3-8-23-13)17-7-5-14(20)19-12-6-9-24(21,22)11-12/h12-13H,2-11H2,1H3,(H,19,20)(H2,16,17,18). The number of thioether (sulfide) groups is 1. The van der Waals surface area contributed by atoms with Crippen LogP contribution in [0.1, 0.15) is 32.6 Å². The Kier molecular flexibility index (Phi) is 7.67. The first kappa shape index (κ1) is 19.4. The van der Waals surface area contributed by atoms with Gasteiger partial charge in [-0.15, -0.1) is 0 Å². The van der Waals surface area contributed by atoms with Crippen molar-refractivity contribution in [2.24, 2.45) is 4.99 Å². The molecule has 24 heavy (non-hydrogen) atoms. The number of aliphatic imine (C=N–C) groups is 1. The van der Waals surface area contributed by atoms with Crippen molar-refractivity contribution < 1.29 is 13.2 Å². The topological polar surface area (TPSA) is 99.7 Å². The van der Waals surface area contributed by atoms with Gasteiger partial charge in [0.25, 0.3) is 0 Å². The maximum absolute atomic E-state index is 11.9. The number of nitrogens with one attached hydrogen (secondary N) is 3.